The van der Waals surface area contributed by atoms with Gasteiger partial charge in [0.1, 0.15) is 27.9 Å². The number of aromatic nitrogens is 3. The molecule has 7 nitrogen and oxygen atoms in total. The van der Waals surface area contributed by atoms with Crippen LogP contribution < -0.4 is 15.8 Å². The Bertz CT molecular complexity index is 1130. The van der Waals surface area contributed by atoms with E-state index in [0.717, 1.165) is 44.6 Å². The highest BCUT2D eigenvalue weighted by molar-refractivity contribution is 7.18. The third-order valence-corrected chi connectivity index (χ3v) is 5.92. The number of ether oxygens (including phenoxy) is 1. The lowest BCUT2D eigenvalue weighted by atomic mass is 10.1. The molecule has 4 aromatic rings. The lowest BCUT2D eigenvalue weighted by molar-refractivity contribution is 0.390. The number of nitrogens with zero attached hydrogens (tertiary/aromatic N) is 3. The Hall–Kier alpha value is -2.97. The number of anilines is 1. The molecular formula is C21H23N5O2S. The number of benzene rings is 1. The lowest BCUT2D eigenvalue weighted by Gasteiger charge is -2.08. The highest BCUT2D eigenvalue weighted by Crippen LogP contribution is 2.33. The zero-order valence-corrected chi connectivity index (χ0v) is 17.5. The number of fused-ring (bicyclic) bond motifs is 1. The van der Waals surface area contributed by atoms with Crippen molar-refractivity contribution in [1.82, 2.24) is 15.1 Å². The molecule has 3 heterocycles. The molecule has 0 fully saturated rings. The van der Waals surface area contributed by atoms with Gasteiger partial charge in [-0.2, -0.15) is 0 Å². The first-order chi connectivity index (χ1) is 14.1. The molecule has 0 aliphatic rings. The third-order valence-electron chi connectivity index (χ3n) is 4.82. The molecule has 0 spiro atoms. The van der Waals surface area contributed by atoms with Crippen LogP contribution in [0.3, 0.4) is 0 Å². The van der Waals surface area contributed by atoms with Crippen LogP contribution in [0.2, 0.25) is 0 Å². The summed E-state index contributed by atoms with van der Waals surface area (Å²) in [6.07, 6.45) is 0.643. The summed E-state index contributed by atoms with van der Waals surface area (Å²) in [5.41, 5.74) is 8.65. The molecule has 0 saturated carbocycles. The standard InChI is InChI=1S/C21H23N5O2S/c1-12-13(2)29-21-19(12)20(24-18(25-21)8-9-22)23-11-16-10-17(26-28-16)14-4-6-15(27-3)7-5-14/h4-7,10H,8-9,11,22H2,1-3H3,(H,23,24,25). The van der Waals surface area contributed by atoms with E-state index in [4.69, 9.17) is 20.0 Å². The maximum atomic E-state index is 5.70. The molecule has 0 aliphatic heterocycles. The lowest BCUT2D eigenvalue weighted by Crippen LogP contribution is -2.09. The van der Waals surface area contributed by atoms with Gasteiger partial charge in [0.05, 0.1) is 19.0 Å². The minimum absolute atomic E-state index is 0.478. The number of thiophene rings is 1. The minimum atomic E-state index is 0.478. The Kier molecular flexibility index (Phi) is 5.46. The predicted molar refractivity (Wildman–Crippen MR) is 115 cm³/mol. The molecule has 0 atom stereocenters. The summed E-state index contributed by atoms with van der Waals surface area (Å²) in [5.74, 6) is 3.09. The normalized spacial score (nSPS) is 11.2. The van der Waals surface area contributed by atoms with E-state index in [-0.39, 0.29) is 0 Å². The number of rotatable bonds is 7. The van der Waals surface area contributed by atoms with Crippen LogP contribution in [0.25, 0.3) is 21.5 Å². The van der Waals surface area contributed by atoms with E-state index < -0.39 is 0 Å². The average molecular weight is 410 g/mol. The summed E-state index contributed by atoms with van der Waals surface area (Å²) in [6, 6.07) is 9.65. The summed E-state index contributed by atoms with van der Waals surface area (Å²) in [6.45, 7) is 5.19. The van der Waals surface area contributed by atoms with Crippen LogP contribution in [0.5, 0.6) is 5.75 Å². The number of nitrogens with one attached hydrogen (secondary N) is 1. The van der Waals surface area contributed by atoms with Crippen LogP contribution in [-0.4, -0.2) is 28.8 Å². The maximum Gasteiger partial charge on any atom is 0.156 e. The van der Waals surface area contributed by atoms with Crippen molar-refractivity contribution in [1.29, 1.82) is 0 Å². The zero-order valence-electron chi connectivity index (χ0n) is 16.7. The van der Waals surface area contributed by atoms with Crippen molar-refractivity contribution in [2.75, 3.05) is 19.0 Å². The Balaban J connectivity index is 1.57. The van der Waals surface area contributed by atoms with Crippen molar-refractivity contribution in [3.05, 3.63) is 52.4 Å². The van der Waals surface area contributed by atoms with Crippen LogP contribution in [0.4, 0.5) is 5.82 Å². The van der Waals surface area contributed by atoms with Gasteiger partial charge in [-0.25, -0.2) is 9.97 Å². The van der Waals surface area contributed by atoms with Crippen molar-refractivity contribution >= 4 is 27.4 Å². The van der Waals surface area contributed by atoms with E-state index in [1.165, 1.54) is 10.4 Å². The summed E-state index contributed by atoms with van der Waals surface area (Å²) in [4.78, 5) is 11.6. The highest BCUT2D eigenvalue weighted by Gasteiger charge is 2.15. The van der Waals surface area contributed by atoms with Gasteiger partial charge >= 0.3 is 0 Å². The fraction of sp³-hybridized carbons (Fsp3) is 0.286. The van der Waals surface area contributed by atoms with Crippen molar-refractivity contribution in [3.63, 3.8) is 0 Å². The first-order valence-corrected chi connectivity index (χ1v) is 10.2. The molecule has 0 saturated heterocycles. The van der Waals surface area contributed by atoms with Crippen LogP contribution in [-0.2, 0) is 13.0 Å². The molecule has 4 rings (SSSR count). The number of hydrogen-bond acceptors (Lipinski definition) is 8. The molecule has 0 amide bonds. The SMILES string of the molecule is COc1ccc(-c2cc(CNc3nc(CCN)nc4sc(C)c(C)c34)on2)cc1. The van der Waals surface area contributed by atoms with E-state index in [0.29, 0.717) is 19.5 Å². The number of aryl methyl sites for hydroxylation is 2. The van der Waals surface area contributed by atoms with Crippen LogP contribution >= 0.6 is 11.3 Å². The predicted octanol–water partition coefficient (Wildman–Crippen LogP) is 4.09. The van der Waals surface area contributed by atoms with Gasteiger partial charge in [0.15, 0.2) is 5.76 Å². The van der Waals surface area contributed by atoms with E-state index in [1.807, 2.05) is 30.3 Å². The summed E-state index contributed by atoms with van der Waals surface area (Å²) in [5, 5.41) is 8.64. The molecule has 0 unspecified atom stereocenters. The maximum absolute atomic E-state index is 5.70. The summed E-state index contributed by atoms with van der Waals surface area (Å²) in [7, 11) is 1.65. The Morgan fingerprint density at radius 1 is 1.17 bits per heavy atom. The topological polar surface area (TPSA) is 99.1 Å². The second-order valence-corrected chi connectivity index (χ2v) is 7.95. The van der Waals surface area contributed by atoms with Gasteiger partial charge in [-0.15, -0.1) is 11.3 Å². The van der Waals surface area contributed by atoms with Crippen molar-refractivity contribution in [2.45, 2.75) is 26.8 Å². The first kappa shape index (κ1) is 19.4. The van der Waals surface area contributed by atoms with E-state index in [9.17, 15) is 0 Å². The van der Waals surface area contributed by atoms with Gasteiger partial charge in [0, 0.05) is 22.9 Å². The zero-order chi connectivity index (χ0) is 20.4. The van der Waals surface area contributed by atoms with Gasteiger partial charge in [-0.05, 0) is 50.2 Å². The van der Waals surface area contributed by atoms with Gasteiger partial charge in [0.2, 0.25) is 0 Å². The quantitative estimate of drug-likeness (QED) is 0.474. The molecular weight excluding hydrogens is 386 g/mol. The molecule has 1 aromatic carbocycles. The number of methoxy groups -OCH3 is 1. The van der Waals surface area contributed by atoms with Crippen molar-refractivity contribution in [2.24, 2.45) is 5.73 Å². The van der Waals surface area contributed by atoms with Crippen molar-refractivity contribution in [3.8, 4) is 17.0 Å². The largest absolute Gasteiger partial charge is 0.497 e. The van der Waals surface area contributed by atoms with E-state index in [1.54, 1.807) is 18.4 Å². The highest BCUT2D eigenvalue weighted by atomic mass is 32.1. The second-order valence-electron chi connectivity index (χ2n) is 6.75. The van der Waals surface area contributed by atoms with Crippen molar-refractivity contribution < 1.29 is 9.26 Å². The monoisotopic (exact) mass is 409 g/mol. The molecule has 3 aromatic heterocycles. The molecule has 3 N–H and O–H groups in total. The van der Waals surface area contributed by atoms with Gasteiger partial charge in [-0.3, -0.25) is 0 Å². The van der Waals surface area contributed by atoms with Gasteiger partial charge in [0.25, 0.3) is 0 Å². The molecule has 8 heteroatoms. The smallest absolute Gasteiger partial charge is 0.156 e. The summed E-state index contributed by atoms with van der Waals surface area (Å²) >= 11 is 1.68. The first-order valence-electron chi connectivity index (χ1n) is 9.39. The second kappa shape index (κ2) is 8.18. The van der Waals surface area contributed by atoms with Crippen LogP contribution in [0.1, 0.15) is 22.0 Å². The fourth-order valence-corrected chi connectivity index (χ4v) is 4.18. The average Bonchev–Trinajstić information content (AvgIpc) is 3.31. The molecule has 0 bridgehead atoms. The minimum Gasteiger partial charge on any atom is -0.497 e. The molecule has 29 heavy (non-hydrogen) atoms. The molecule has 0 aliphatic carbocycles. The Morgan fingerprint density at radius 3 is 2.69 bits per heavy atom. The Labute approximate surface area is 172 Å². The molecule has 150 valence electrons. The van der Waals surface area contributed by atoms with Crippen LogP contribution in [0, 0.1) is 13.8 Å². The third kappa shape index (κ3) is 3.94. The number of hydrogen-bond donors (Lipinski definition) is 2. The molecule has 0 radical (unpaired) electrons. The van der Waals surface area contributed by atoms with Crippen LogP contribution in [0.15, 0.2) is 34.9 Å². The Morgan fingerprint density at radius 2 is 1.97 bits per heavy atom. The summed E-state index contributed by atoms with van der Waals surface area (Å²) < 4.78 is 10.7. The van der Waals surface area contributed by atoms with Gasteiger partial charge in [-0.1, -0.05) is 5.16 Å². The van der Waals surface area contributed by atoms with E-state index in [2.05, 4.69) is 29.3 Å². The van der Waals surface area contributed by atoms with Gasteiger partial charge < -0.3 is 20.3 Å². The van der Waals surface area contributed by atoms with E-state index >= 15 is 0 Å². The number of nitrogens with two attached hydrogens (primary N) is 1. The fourth-order valence-electron chi connectivity index (χ4n) is 3.13.